The monoisotopic (exact) mass is 337 g/mol. The molecule has 0 radical (unpaired) electrons. The van der Waals surface area contributed by atoms with Crippen LogP contribution in [-0.2, 0) is 4.79 Å². The number of amides is 1. The largest absolute Gasteiger partial charge is 0.504 e. The molecule has 2 rings (SSSR count). The second kappa shape index (κ2) is 8.73. The van der Waals surface area contributed by atoms with Crippen molar-refractivity contribution in [1.29, 1.82) is 0 Å². The normalized spacial score (nSPS) is 14.8. The smallest absolute Gasteiger partial charge is 0.248 e. The number of nitrogens with one attached hydrogen (secondary N) is 1. The quantitative estimate of drug-likeness (QED) is 0.789. The first kappa shape index (κ1) is 18.3. The molecular formula is C21H23NO3. The van der Waals surface area contributed by atoms with Crippen LogP contribution in [0.3, 0.4) is 0 Å². The third kappa shape index (κ3) is 5.24. The molecule has 0 fully saturated rings. The Labute approximate surface area is 148 Å². The van der Waals surface area contributed by atoms with E-state index in [4.69, 9.17) is 4.74 Å². The molecule has 1 aromatic rings. The van der Waals surface area contributed by atoms with Crippen LogP contribution in [0.25, 0.3) is 6.08 Å². The Kier molecular flexibility index (Phi) is 6.40. The number of phenols is 1. The number of aromatic hydroxyl groups is 1. The highest BCUT2D eigenvalue weighted by Crippen LogP contribution is 2.26. The summed E-state index contributed by atoms with van der Waals surface area (Å²) in [5, 5.41) is 12.7. The number of phenolic OH excluding ortho intramolecular Hbond substituents is 1. The number of hydrogen-bond donors (Lipinski definition) is 2. The van der Waals surface area contributed by atoms with Crippen molar-refractivity contribution in [2.45, 2.75) is 20.3 Å². The average Bonchev–Trinajstić information content (AvgIpc) is 2.75. The van der Waals surface area contributed by atoms with Crippen LogP contribution in [0, 0.1) is 0 Å². The van der Waals surface area contributed by atoms with Gasteiger partial charge in [-0.05, 0) is 55.7 Å². The predicted molar refractivity (Wildman–Crippen MR) is 101 cm³/mol. The number of hydrogen-bond acceptors (Lipinski definition) is 3. The second-order valence-corrected chi connectivity index (χ2v) is 5.74. The molecule has 0 aliphatic heterocycles. The second-order valence-electron chi connectivity index (χ2n) is 5.74. The van der Waals surface area contributed by atoms with E-state index < -0.39 is 0 Å². The van der Waals surface area contributed by atoms with Crippen molar-refractivity contribution in [3.63, 3.8) is 0 Å². The van der Waals surface area contributed by atoms with Gasteiger partial charge in [0, 0.05) is 11.8 Å². The summed E-state index contributed by atoms with van der Waals surface area (Å²) in [7, 11) is 1.49. The summed E-state index contributed by atoms with van der Waals surface area (Å²) in [6, 6.07) is 4.97. The number of carbonyl (C=O) groups is 1. The number of carbonyl (C=O) groups excluding carboxylic acids is 1. The van der Waals surface area contributed by atoms with E-state index in [1.165, 1.54) is 18.8 Å². The van der Waals surface area contributed by atoms with Gasteiger partial charge in [-0.15, -0.1) is 0 Å². The average molecular weight is 337 g/mol. The van der Waals surface area contributed by atoms with Gasteiger partial charge in [0.15, 0.2) is 11.5 Å². The van der Waals surface area contributed by atoms with Gasteiger partial charge in [0.25, 0.3) is 0 Å². The Morgan fingerprint density at radius 1 is 1.32 bits per heavy atom. The topological polar surface area (TPSA) is 58.6 Å². The maximum absolute atomic E-state index is 12.2. The minimum absolute atomic E-state index is 0.0383. The van der Waals surface area contributed by atoms with Crippen LogP contribution in [-0.4, -0.2) is 18.1 Å². The SMILES string of the molecule is C/C=C\C1=C(NC(=O)/C=C/c2ccc(OC)c(O)c2)C=CC=C(C)C1. The minimum Gasteiger partial charge on any atom is -0.504 e. The number of ether oxygens (including phenoxy) is 1. The van der Waals surface area contributed by atoms with Crippen LogP contribution in [0.2, 0.25) is 0 Å². The van der Waals surface area contributed by atoms with Gasteiger partial charge in [-0.3, -0.25) is 4.79 Å². The van der Waals surface area contributed by atoms with Gasteiger partial charge in [-0.25, -0.2) is 0 Å². The zero-order chi connectivity index (χ0) is 18.2. The molecule has 1 aliphatic carbocycles. The van der Waals surface area contributed by atoms with Crippen LogP contribution < -0.4 is 10.1 Å². The highest BCUT2D eigenvalue weighted by Gasteiger charge is 2.08. The first-order valence-corrected chi connectivity index (χ1v) is 8.09. The third-order valence-corrected chi connectivity index (χ3v) is 3.71. The molecular weight excluding hydrogens is 314 g/mol. The predicted octanol–water partition coefficient (Wildman–Crippen LogP) is 4.27. The Balaban J connectivity index is 2.13. The van der Waals surface area contributed by atoms with Gasteiger partial charge in [-0.2, -0.15) is 0 Å². The lowest BCUT2D eigenvalue weighted by Crippen LogP contribution is -2.20. The number of rotatable bonds is 5. The van der Waals surface area contributed by atoms with Crippen molar-refractivity contribution in [1.82, 2.24) is 5.32 Å². The van der Waals surface area contributed by atoms with E-state index in [9.17, 15) is 9.90 Å². The third-order valence-electron chi connectivity index (χ3n) is 3.71. The molecule has 0 unspecified atom stereocenters. The first-order valence-electron chi connectivity index (χ1n) is 8.09. The van der Waals surface area contributed by atoms with Crippen LogP contribution in [0.1, 0.15) is 25.8 Å². The minimum atomic E-state index is -0.225. The van der Waals surface area contributed by atoms with Gasteiger partial charge in [0.1, 0.15) is 0 Å². The van der Waals surface area contributed by atoms with E-state index >= 15 is 0 Å². The fraction of sp³-hybridized carbons (Fsp3) is 0.190. The molecule has 0 heterocycles. The summed E-state index contributed by atoms with van der Waals surface area (Å²) in [4.78, 5) is 12.2. The van der Waals surface area contributed by atoms with Crippen molar-refractivity contribution < 1.29 is 14.6 Å². The molecule has 0 atom stereocenters. The lowest BCUT2D eigenvalue weighted by Gasteiger charge is -2.09. The van der Waals surface area contributed by atoms with Crippen LogP contribution in [0.5, 0.6) is 11.5 Å². The molecule has 4 heteroatoms. The Morgan fingerprint density at radius 2 is 2.12 bits per heavy atom. The summed E-state index contributed by atoms with van der Waals surface area (Å²) >= 11 is 0. The van der Waals surface area contributed by atoms with Crippen molar-refractivity contribution in [2.24, 2.45) is 0 Å². The van der Waals surface area contributed by atoms with Crippen LogP contribution >= 0.6 is 0 Å². The summed E-state index contributed by atoms with van der Waals surface area (Å²) in [5.74, 6) is 0.210. The Morgan fingerprint density at radius 3 is 2.80 bits per heavy atom. The van der Waals surface area contributed by atoms with Gasteiger partial charge in [-0.1, -0.05) is 35.9 Å². The Hall–Kier alpha value is -3.01. The summed E-state index contributed by atoms with van der Waals surface area (Å²) in [5.41, 5.74) is 3.80. The lowest BCUT2D eigenvalue weighted by atomic mass is 10.1. The fourth-order valence-corrected chi connectivity index (χ4v) is 2.50. The highest BCUT2D eigenvalue weighted by atomic mass is 16.5. The van der Waals surface area contributed by atoms with E-state index in [-0.39, 0.29) is 11.7 Å². The van der Waals surface area contributed by atoms with E-state index in [1.54, 1.807) is 24.3 Å². The van der Waals surface area contributed by atoms with Crippen molar-refractivity contribution in [3.05, 3.63) is 77.1 Å². The maximum Gasteiger partial charge on any atom is 0.248 e. The van der Waals surface area contributed by atoms with E-state index in [0.717, 1.165) is 17.7 Å². The highest BCUT2D eigenvalue weighted by molar-refractivity contribution is 5.93. The van der Waals surface area contributed by atoms with Gasteiger partial charge >= 0.3 is 0 Å². The molecule has 0 spiro atoms. The molecule has 130 valence electrons. The van der Waals surface area contributed by atoms with Gasteiger partial charge < -0.3 is 15.2 Å². The summed E-state index contributed by atoms with van der Waals surface area (Å²) in [6.07, 6.45) is 13.7. The molecule has 4 nitrogen and oxygen atoms in total. The van der Waals surface area contributed by atoms with Gasteiger partial charge in [0.05, 0.1) is 7.11 Å². The molecule has 0 bridgehead atoms. The molecule has 2 N–H and O–H groups in total. The molecule has 0 saturated heterocycles. The van der Waals surface area contributed by atoms with Crippen molar-refractivity contribution in [2.75, 3.05) is 7.11 Å². The van der Waals surface area contributed by atoms with E-state index in [1.807, 2.05) is 37.3 Å². The fourth-order valence-electron chi connectivity index (χ4n) is 2.50. The van der Waals surface area contributed by atoms with Crippen molar-refractivity contribution in [3.8, 4) is 11.5 Å². The molecule has 1 aliphatic rings. The molecule has 1 aromatic carbocycles. The number of benzene rings is 1. The molecule has 0 saturated carbocycles. The molecule has 0 aromatic heterocycles. The van der Waals surface area contributed by atoms with E-state index in [0.29, 0.717) is 11.3 Å². The number of allylic oxidation sites excluding steroid dienone is 7. The van der Waals surface area contributed by atoms with E-state index in [2.05, 4.69) is 12.2 Å². The zero-order valence-corrected chi connectivity index (χ0v) is 14.7. The molecule has 25 heavy (non-hydrogen) atoms. The summed E-state index contributed by atoms with van der Waals surface area (Å²) in [6.45, 7) is 4.02. The van der Waals surface area contributed by atoms with Gasteiger partial charge in [0.2, 0.25) is 5.91 Å². The standard InChI is InChI=1S/C21H23NO3/c1-4-6-17-13-15(2)7-5-8-18(17)22-21(24)12-10-16-9-11-20(25-3)19(23)14-16/h4-12,14,23H,13H2,1-3H3,(H,22,24)/b6-4-,12-10+. The first-order chi connectivity index (χ1) is 12.0. The lowest BCUT2D eigenvalue weighted by molar-refractivity contribution is -0.115. The Bertz CT molecular complexity index is 795. The van der Waals surface area contributed by atoms with Crippen LogP contribution in [0.15, 0.2) is 71.5 Å². The van der Waals surface area contributed by atoms with Crippen LogP contribution in [0.4, 0.5) is 0 Å². The number of methoxy groups -OCH3 is 1. The molecule has 1 amide bonds. The zero-order valence-electron chi connectivity index (χ0n) is 14.7. The maximum atomic E-state index is 12.2. The van der Waals surface area contributed by atoms with Crippen molar-refractivity contribution >= 4 is 12.0 Å². The summed E-state index contributed by atoms with van der Waals surface area (Å²) < 4.78 is 5.00.